The van der Waals surface area contributed by atoms with Gasteiger partial charge in [-0.2, -0.15) is 0 Å². The Bertz CT molecular complexity index is 1500. The summed E-state index contributed by atoms with van der Waals surface area (Å²) in [6, 6.07) is 19.4. The van der Waals surface area contributed by atoms with Crippen molar-refractivity contribution in [2.24, 2.45) is 0 Å². The van der Waals surface area contributed by atoms with Crippen LogP contribution >= 0.6 is 0 Å². The molecule has 3 heterocycles. The molecule has 1 aromatic heterocycles. The minimum Gasteiger partial charge on any atom is -0.493 e. The fourth-order valence-corrected chi connectivity index (χ4v) is 5.61. The van der Waals surface area contributed by atoms with E-state index in [4.69, 9.17) is 18.9 Å². The lowest BCUT2D eigenvalue weighted by molar-refractivity contribution is -0.123. The first-order valence-corrected chi connectivity index (χ1v) is 12.8. The van der Waals surface area contributed by atoms with Crippen LogP contribution in [0.4, 0.5) is 0 Å². The Kier molecular flexibility index (Phi) is 6.33. The van der Waals surface area contributed by atoms with Crippen LogP contribution in [-0.4, -0.2) is 44.5 Å². The van der Waals surface area contributed by atoms with Crippen molar-refractivity contribution in [3.63, 3.8) is 0 Å². The van der Waals surface area contributed by atoms with Gasteiger partial charge in [-0.25, -0.2) is 0 Å². The van der Waals surface area contributed by atoms with E-state index in [-0.39, 0.29) is 24.7 Å². The number of hydrogen-bond donors (Lipinski definition) is 3. The summed E-state index contributed by atoms with van der Waals surface area (Å²) < 4.78 is 21.9. The van der Waals surface area contributed by atoms with Gasteiger partial charge in [-0.3, -0.25) is 10.1 Å². The molecule has 8 heteroatoms. The van der Waals surface area contributed by atoms with Crippen LogP contribution in [-0.2, 0) is 11.2 Å². The lowest BCUT2D eigenvalue weighted by atomic mass is 9.82. The molecule has 1 amide bonds. The van der Waals surface area contributed by atoms with Crippen molar-refractivity contribution in [1.82, 2.24) is 15.6 Å². The molecule has 2 aliphatic heterocycles. The van der Waals surface area contributed by atoms with Crippen LogP contribution in [0.5, 0.6) is 23.0 Å². The number of fused-ring (bicyclic) bond motifs is 4. The molecule has 3 N–H and O–H groups in total. The summed E-state index contributed by atoms with van der Waals surface area (Å²) in [6.07, 6.45) is 0.678. The van der Waals surface area contributed by atoms with Gasteiger partial charge >= 0.3 is 0 Å². The first-order valence-electron chi connectivity index (χ1n) is 12.8. The molecule has 0 fully saturated rings. The molecule has 0 aliphatic carbocycles. The van der Waals surface area contributed by atoms with E-state index in [1.807, 2.05) is 48.5 Å². The molecule has 3 aromatic carbocycles. The van der Waals surface area contributed by atoms with Gasteiger partial charge in [0.15, 0.2) is 23.0 Å². The minimum absolute atomic E-state index is 0.0281. The van der Waals surface area contributed by atoms with Crippen molar-refractivity contribution < 1.29 is 23.7 Å². The average molecular weight is 514 g/mol. The molecule has 8 nitrogen and oxygen atoms in total. The third kappa shape index (κ3) is 4.20. The topological polar surface area (TPSA) is 93.8 Å². The van der Waals surface area contributed by atoms with E-state index in [1.54, 1.807) is 14.2 Å². The van der Waals surface area contributed by atoms with Crippen molar-refractivity contribution >= 4 is 16.8 Å². The Morgan fingerprint density at radius 1 is 1.00 bits per heavy atom. The minimum atomic E-state index is -0.414. The molecule has 0 spiro atoms. The van der Waals surface area contributed by atoms with Crippen LogP contribution in [0.1, 0.15) is 41.3 Å². The first-order chi connectivity index (χ1) is 18.6. The van der Waals surface area contributed by atoms with E-state index in [1.165, 1.54) is 5.56 Å². The number of aromatic amines is 1. The number of carbonyl (C=O) groups excluding carboxylic acids is 1. The van der Waals surface area contributed by atoms with E-state index in [9.17, 15) is 4.79 Å². The molecular weight excluding hydrogens is 482 g/mol. The highest BCUT2D eigenvalue weighted by Gasteiger charge is 2.39. The Hall–Kier alpha value is -4.17. The Morgan fingerprint density at radius 2 is 1.82 bits per heavy atom. The monoisotopic (exact) mass is 513 g/mol. The van der Waals surface area contributed by atoms with Crippen molar-refractivity contribution in [2.75, 3.05) is 27.6 Å². The van der Waals surface area contributed by atoms with Crippen LogP contribution in [0.3, 0.4) is 0 Å². The highest BCUT2D eigenvalue weighted by Crippen LogP contribution is 2.43. The standard InChI is InChI=1S/C30H31N3O5/c1-17-26-20-6-4-5-7-21(20)32-29(26)28(19-9-11-23-25(15-19)38-16-37-23)33-27(17)30(34)31-13-12-18-8-10-22(35-2)24(14-18)36-3/h4-11,14-15,17,27-28,32-33H,12-13,16H2,1-3H3,(H,31,34). The van der Waals surface area contributed by atoms with Gasteiger partial charge in [0.2, 0.25) is 12.7 Å². The number of amides is 1. The number of benzene rings is 3. The highest BCUT2D eigenvalue weighted by molar-refractivity contribution is 5.90. The van der Waals surface area contributed by atoms with Gasteiger partial charge in [0.1, 0.15) is 0 Å². The number of ether oxygens (including phenoxy) is 4. The molecule has 0 saturated heterocycles. The zero-order valence-corrected chi connectivity index (χ0v) is 21.7. The molecular formula is C30H31N3O5. The second-order valence-corrected chi connectivity index (χ2v) is 9.71. The van der Waals surface area contributed by atoms with Crippen LogP contribution in [0.15, 0.2) is 60.7 Å². The highest BCUT2D eigenvalue weighted by atomic mass is 16.7. The number of H-pyrrole nitrogens is 1. The molecule has 3 unspecified atom stereocenters. The fraction of sp³-hybridized carbons (Fsp3) is 0.300. The predicted molar refractivity (Wildman–Crippen MR) is 144 cm³/mol. The summed E-state index contributed by atoms with van der Waals surface area (Å²) in [5, 5.41) is 7.93. The van der Waals surface area contributed by atoms with Crippen LogP contribution < -0.4 is 29.6 Å². The fourth-order valence-electron chi connectivity index (χ4n) is 5.61. The van der Waals surface area contributed by atoms with E-state index in [2.05, 4.69) is 34.7 Å². The summed E-state index contributed by atoms with van der Waals surface area (Å²) in [4.78, 5) is 17.2. The number of rotatable bonds is 7. The number of hydrogen-bond acceptors (Lipinski definition) is 6. The zero-order chi connectivity index (χ0) is 26.2. The summed E-state index contributed by atoms with van der Waals surface area (Å²) in [6.45, 7) is 2.84. The van der Waals surface area contributed by atoms with Crippen LogP contribution in [0.25, 0.3) is 10.9 Å². The Balaban J connectivity index is 1.26. The summed E-state index contributed by atoms with van der Waals surface area (Å²) in [7, 11) is 3.24. The number of para-hydroxylation sites is 1. The maximum atomic E-state index is 13.6. The molecule has 0 bridgehead atoms. The normalized spacial score (nSPS) is 19.7. The quantitative estimate of drug-likeness (QED) is 0.338. The largest absolute Gasteiger partial charge is 0.493 e. The molecule has 6 rings (SSSR count). The third-order valence-electron chi connectivity index (χ3n) is 7.54. The van der Waals surface area contributed by atoms with E-state index < -0.39 is 6.04 Å². The van der Waals surface area contributed by atoms with Crippen molar-refractivity contribution in [2.45, 2.75) is 31.3 Å². The number of carbonyl (C=O) groups is 1. The lowest BCUT2D eigenvalue weighted by Gasteiger charge is -2.35. The zero-order valence-electron chi connectivity index (χ0n) is 21.7. The number of nitrogens with one attached hydrogen (secondary N) is 3. The van der Waals surface area contributed by atoms with E-state index >= 15 is 0 Å². The maximum Gasteiger partial charge on any atom is 0.237 e. The van der Waals surface area contributed by atoms with Crippen molar-refractivity contribution in [1.29, 1.82) is 0 Å². The predicted octanol–water partition coefficient (Wildman–Crippen LogP) is 4.44. The Morgan fingerprint density at radius 3 is 2.66 bits per heavy atom. The number of methoxy groups -OCH3 is 2. The molecule has 4 aromatic rings. The van der Waals surface area contributed by atoms with Gasteiger partial charge in [0.05, 0.1) is 26.3 Å². The van der Waals surface area contributed by atoms with Crippen LogP contribution in [0, 0.1) is 0 Å². The lowest BCUT2D eigenvalue weighted by Crippen LogP contribution is -2.51. The maximum absolute atomic E-state index is 13.6. The smallest absolute Gasteiger partial charge is 0.237 e. The molecule has 0 saturated carbocycles. The second-order valence-electron chi connectivity index (χ2n) is 9.71. The SMILES string of the molecule is COc1ccc(CCNC(=O)C2NC(c3ccc4c(c3)OCO4)c3[nH]c4ccccc4c3C2C)cc1OC. The third-order valence-corrected chi connectivity index (χ3v) is 7.54. The molecule has 3 atom stereocenters. The van der Waals surface area contributed by atoms with Gasteiger partial charge in [0.25, 0.3) is 0 Å². The molecule has 2 aliphatic rings. The molecule has 196 valence electrons. The van der Waals surface area contributed by atoms with Gasteiger partial charge in [-0.1, -0.05) is 37.3 Å². The van der Waals surface area contributed by atoms with Crippen molar-refractivity contribution in [3.05, 3.63) is 83.0 Å². The summed E-state index contributed by atoms with van der Waals surface area (Å²) in [5.74, 6) is 2.75. The molecule has 0 radical (unpaired) electrons. The second kappa shape index (κ2) is 9.95. The van der Waals surface area contributed by atoms with Gasteiger partial charge in [0, 0.05) is 29.1 Å². The van der Waals surface area contributed by atoms with Crippen molar-refractivity contribution in [3.8, 4) is 23.0 Å². The van der Waals surface area contributed by atoms with Gasteiger partial charge < -0.3 is 29.2 Å². The summed E-state index contributed by atoms with van der Waals surface area (Å²) in [5.41, 5.74) is 5.38. The van der Waals surface area contributed by atoms with Gasteiger partial charge in [-0.15, -0.1) is 0 Å². The number of aromatic nitrogens is 1. The van der Waals surface area contributed by atoms with Gasteiger partial charge in [-0.05, 0) is 53.4 Å². The molecule has 38 heavy (non-hydrogen) atoms. The Labute approximate surface area is 221 Å². The van der Waals surface area contributed by atoms with Crippen LogP contribution in [0.2, 0.25) is 0 Å². The average Bonchev–Trinajstić information content (AvgIpc) is 3.57. The van der Waals surface area contributed by atoms with E-state index in [0.717, 1.165) is 39.2 Å². The van der Waals surface area contributed by atoms with E-state index in [0.29, 0.717) is 24.5 Å². The summed E-state index contributed by atoms with van der Waals surface area (Å²) >= 11 is 0. The first kappa shape index (κ1) is 24.2.